The highest BCUT2D eigenvalue weighted by Crippen LogP contribution is 2.40. The molecular formula is C14H22N4O. The summed E-state index contributed by atoms with van der Waals surface area (Å²) in [6, 6.07) is 0.194. The van der Waals surface area contributed by atoms with Crippen LogP contribution in [0.15, 0.2) is 6.33 Å². The number of fused-ring (bicyclic) bond motifs is 1. The van der Waals surface area contributed by atoms with Gasteiger partial charge in [0.1, 0.15) is 0 Å². The molecule has 5 heteroatoms. The van der Waals surface area contributed by atoms with Crippen LogP contribution in [-0.2, 0) is 6.42 Å². The first-order valence-corrected chi connectivity index (χ1v) is 7.31. The monoisotopic (exact) mass is 262 g/mol. The normalized spacial score (nSPS) is 24.1. The molecule has 2 heterocycles. The average Bonchev–Trinajstić information content (AvgIpc) is 2.94. The van der Waals surface area contributed by atoms with Crippen LogP contribution in [0.5, 0.6) is 0 Å². The van der Waals surface area contributed by atoms with Crippen molar-refractivity contribution in [2.75, 3.05) is 13.6 Å². The molecule has 19 heavy (non-hydrogen) atoms. The van der Waals surface area contributed by atoms with Crippen molar-refractivity contribution in [2.24, 2.45) is 5.92 Å². The summed E-state index contributed by atoms with van der Waals surface area (Å²) in [7, 11) is 1.71. The number of carbonyl (C=O) groups excluding carboxylic acids is 1. The second-order valence-corrected chi connectivity index (χ2v) is 5.61. The molecule has 1 aliphatic heterocycles. The van der Waals surface area contributed by atoms with Crippen LogP contribution in [0.25, 0.3) is 0 Å². The van der Waals surface area contributed by atoms with Crippen molar-refractivity contribution in [3.63, 3.8) is 0 Å². The molecule has 104 valence electrons. The molecule has 1 aliphatic carbocycles. The maximum Gasteiger partial charge on any atom is 0.317 e. The first kappa shape index (κ1) is 12.5. The Bertz CT molecular complexity index is 450. The Labute approximate surface area is 113 Å². The molecule has 0 aromatic carbocycles. The number of hydrogen-bond acceptors (Lipinski definition) is 2. The van der Waals surface area contributed by atoms with E-state index in [0.29, 0.717) is 5.92 Å². The summed E-state index contributed by atoms with van der Waals surface area (Å²) in [5.74, 6) is 0.563. The lowest BCUT2D eigenvalue weighted by Crippen LogP contribution is -2.47. The number of aromatic nitrogens is 2. The van der Waals surface area contributed by atoms with Crippen LogP contribution in [0, 0.1) is 5.92 Å². The van der Waals surface area contributed by atoms with E-state index < -0.39 is 0 Å². The minimum Gasteiger partial charge on any atom is -0.348 e. The third-order valence-electron chi connectivity index (χ3n) is 4.54. The third kappa shape index (κ3) is 2.22. The van der Waals surface area contributed by atoms with E-state index in [4.69, 9.17) is 0 Å². The molecule has 1 aromatic heterocycles. The SMILES string of the molecule is CNC(=O)N1CCc2[nH]cnc2C1C1CCCCC1. The van der Waals surface area contributed by atoms with Gasteiger partial charge in [-0.3, -0.25) is 0 Å². The fourth-order valence-electron chi connectivity index (χ4n) is 3.60. The molecule has 1 atom stereocenters. The highest BCUT2D eigenvalue weighted by Gasteiger charge is 2.38. The minimum atomic E-state index is 0.0317. The predicted molar refractivity (Wildman–Crippen MR) is 72.8 cm³/mol. The van der Waals surface area contributed by atoms with Gasteiger partial charge in [0.25, 0.3) is 0 Å². The van der Waals surface area contributed by atoms with Crippen LogP contribution in [0.3, 0.4) is 0 Å². The van der Waals surface area contributed by atoms with Crippen LogP contribution in [0.1, 0.15) is 49.5 Å². The molecule has 1 aromatic rings. The van der Waals surface area contributed by atoms with Crippen molar-refractivity contribution in [2.45, 2.75) is 44.6 Å². The van der Waals surface area contributed by atoms with Crippen LogP contribution >= 0.6 is 0 Å². The Kier molecular flexibility index (Phi) is 3.44. The third-order valence-corrected chi connectivity index (χ3v) is 4.54. The summed E-state index contributed by atoms with van der Waals surface area (Å²) in [6.45, 7) is 0.788. The van der Waals surface area contributed by atoms with Crippen molar-refractivity contribution < 1.29 is 4.79 Å². The number of H-pyrrole nitrogens is 1. The van der Waals surface area contributed by atoms with Gasteiger partial charge in [-0.1, -0.05) is 19.3 Å². The van der Waals surface area contributed by atoms with E-state index in [-0.39, 0.29) is 12.1 Å². The lowest BCUT2D eigenvalue weighted by Gasteiger charge is -2.40. The lowest BCUT2D eigenvalue weighted by atomic mass is 9.80. The topological polar surface area (TPSA) is 61.0 Å². The number of imidazole rings is 1. The van der Waals surface area contributed by atoms with Crippen LogP contribution in [0.4, 0.5) is 4.79 Å². The first-order chi connectivity index (χ1) is 9.31. The van der Waals surface area contributed by atoms with Crippen molar-refractivity contribution in [3.05, 3.63) is 17.7 Å². The van der Waals surface area contributed by atoms with Crippen molar-refractivity contribution in [3.8, 4) is 0 Å². The maximum absolute atomic E-state index is 12.1. The van der Waals surface area contributed by atoms with E-state index >= 15 is 0 Å². The van der Waals surface area contributed by atoms with Gasteiger partial charge >= 0.3 is 6.03 Å². The lowest BCUT2D eigenvalue weighted by molar-refractivity contribution is 0.121. The second-order valence-electron chi connectivity index (χ2n) is 5.61. The summed E-state index contributed by atoms with van der Waals surface area (Å²) < 4.78 is 0. The summed E-state index contributed by atoms with van der Waals surface area (Å²) in [5.41, 5.74) is 2.32. The van der Waals surface area contributed by atoms with E-state index in [9.17, 15) is 4.79 Å². The first-order valence-electron chi connectivity index (χ1n) is 7.31. The number of rotatable bonds is 1. The van der Waals surface area contributed by atoms with Crippen LogP contribution < -0.4 is 5.32 Å². The van der Waals surface area contributed by atoms with E-state index in [0.717, 1.165) is 18.7 Å². The summed E-state index contributed by atoms with van der Waals surface area (Å²) in [5, 5.41) is 2.78. The molecule has 3 rings (SSSR count). The van der Waals surface area contributed by atoms with Gasteiger partial charge in [0, 0.05) is 25.7 Å². The fourth-order valence-corrected chi connectivity index (χ4v) is 3.60. The molecule has 0 saturated heterocycles. The zero-order chi connectivity index (χ0) is 13.2. The summed E-state index contributed by atoms with van der Waals surface area (Å²) in [6.07, 6.45) is 8.97. The second kappa shape index (κ2) is 5.23. The number of nitrogens with one attached hydrogen (secondary N) is 2. The molecule has 5 nitrogen and oxygen atoms in total. The van der Waals surface area contributed by atoms with Gasteiger partial charge in [-0.05, 0) is 18.8 Å². The minimum absolute atomic E-state index is 0.0317. The largest absolute Gasteiger partial charge is 0.348 e. The van der Waals surface area contributed by atoms with E-state index in [1.54, 1.807) is 13.4 Å². The van der Waals surface area contributed by atoms with Gasteiger partial charge in [0.05, 0.1) is 18.1 Å². The van der Waals surface area contributed by atoms with Crippen molar-refractivity contribution in [1.29, 1.82) is 0 Å². The molecule has 0 bridgehead atoms. The van der Waals surface area contributed by atoms with Gasteiger partial charge in [0.15, 0.2) is 0 Å². The molecule has 0 spiro atoms. The standard InChI is InChI=1S/C14H22N4O/c1-15-14(19)18-8-7-11-12(17-9-16-11)13(18)10-5-3-2-4-6-10/h9-10,13H,2-8H2,1H3,(H,15,19)(H,16,17). The van der Waals surface area contributed by atoms with Gasteiger partial charge in [-0.15, -0.1) is 0 Å². The van der Waals surface area contributed by atoms with Gasteiger partial charge in [-0.25, -0.2) is 9.78 Å². The molecule has 0 radical (unpaired) electrons. The van der Waals surface area contributed by atoms with E-state index in [1.807, 2.05) is 4.90 Å². The van der Waals surface area contributed by atoms with E-state index in [1.165, 1.54) is 37.8 Å². The number of amides is 2. The number of carbonyl (C=O) groups is 1. The zero-order valence-corrected chi connectivity index (χ0v) is 11.5. The Hall–Kier alpha value is -1.52. The number of urea groups is 1. The van der Waals surface area contributed by atoms with Crippen LogP contribution in [0.2, 0.25) is 0 Å². The Morgan fingerprint density at radius 2 is 2.21 bits per heavy atom. The molecule has 2 aliphatic rings. The number of nitrogens with zero attached hydrogens (tertiary/aromatic N) is 2. The maximum atomic E-state index is 12.1. The summed E-state index contributed by atoms with van der Waals surface area (Å²) in [4.78, 5) is 21.9. The van der Waals surface area contributed by atoms with Crippen LogP contribution in [-0.4, -0.2) is 34.5 Å². The van der Waals surface area contributed by atoms with Gasteiger partial charge in [0.2, 0.25) is 0 Å². The number of hydrogen-bond donors (Lipinski definition) is 2. The smallest absolute Gasteiger partial charge is 0.317 e. The van der Waals surface area contributed by atoms with Gasteiger partial charge < -0.3 is 15.2 Å². The Morgan fingerprint density at radius 3 is 2.95 bits per heavy atom. The van der Waals surface area contributed by atoms with Crippen molar-refractivity contribution >= 4 is 6.03 Å². The van der Waals surface area contributed by atoms with E-state index in [2.05, 4.69) is 15.3 Å². The average molecular weight is 262 g/mol. The fraction of sp³-hybridized carbons (Fsp3) is 0.714. The zero-order valence-electron chi connectivity index (χ0n) is 11.5. The molecule has 2 amide bonds. The predicted octanol–water partition coefficient (Wildman–Crippen LogP) is 2.23. The quantitative estimate of drug-likeness (QED) is 0.815. The highest BCUT2D eigenvalue weighted by atomic mass is 16.2. The Morgan fingerprint density at radius 1 is 1.42 bits per heavy atom. The molecule has 1 fully saturated rings. The molecular weight excluding hydrogens is 240 g/mol. The summed E-state index contributed by atoms with van der Waals surface area (Å²) >= 11 is 0. The molecule has 1 unspecified atom stereocenters. The molecule has 1 saturated carbocycles. The number of aromatic amines is 1. The Balaban J connectivity index is 1.91. The highest BCUT2D eigenvalue weighted by molar-refractivity contribution is 5.74. The van der Waals surface area contributed by atoms with Gasteiger partial charge in [-0.2, -0.15) is 0 Å². The van der Waals surface area contributed by atoms with Crippen molar-refractivity contribution in [1.82, 2.24) is 20.2 Å². The molecule has 2 N–H and O–H groups in total.